The number of nitrogens with one attached hydrogen (secondary N) is 1. The second-order valence-electron chi connectivity index (χ2n) is 4.15. The van der Waals surface area contributed by atoms with E-state index in [4.69, 9.17) is 9.84 Å². The molecule has 1 aromatic rings. The summed E-state index contributed by atoms with van der Waals surface area (Å²) in [6.07, 6.45) is -1.03. The van der Waals surface area contributed by atoms with Crippen LogP contribution in [0.1, 0.15) is 18.1 Å². The normalized spacial score (nSPS) is 11.9. The number of benzene rings is 1. The van der Waals surface area contributed by atoms with E-state index in [9.17, 15) is 14.0 Å². The zero-order chi connectivity index (χ0) is 14.4. The fourth-order valence-corrected chi connectivity index (χ4v) is 1.34. The molecule has 5 nitrogen and oxygen atoms in total. The Hall–Kier alpha value is -1.95. The standard InChI is InChI=1S/C13H16FNO4/c1-8-5-10(3-4-11(8)14)6-15-12(16)7-19-9(2)13(17)18/h3-5,9H,6-7H2,1-2H3,(H,15,16)(H,17,18)/t9-/m0/s1. The minimum Gasteiger partial charge on any atom is -0.479 e. The number of carbonyl (C=O) groups excluding carboxylic acids is 1. The van der Waals surface area contributed by atoms with Gasteiger partial charge in [0, 0.05) is 6.54 Å². The summed E-state index contributed by atoms with van der Waals surface area (Å²) in [5, 5.41) is 11.1. The van der Waals surface area contributed by atoms with Gasteiger partial charge in [0.2, 0.25) is 5.91 Å². The minimum atomic E-state index is -1.12. The zero-order valence-electron chi connectivity index (χ0n) is 10.8. The predicted molar refractivity (Wildman–Crippen MR) is 66.0 cm³/mol. The number of hydrogen-bond donors (Lipinski definition) is 2. The van der Waals surface area contributed by atoms with Crippen molar-refractivity contribution in [1.29, 1.82) is 0 Å². The van der Waals surface area contributed by atoms with Crippen molar-refractivity contribution >= 4 is 11.9 Å². The molecule has 0 saturated carbocycles. The highest BCUT2D eigenvalue weighted by molar-refractivity contribution is 5.78. The fraction of sp³-hybridized carbons (Fsp3) is 0.385. The fourth-order valence-electron chi connectivity index (χ4n) is 1.34. The number of rotatable bonds is 6. The molecule has 0 heterocycles. The van der Waals surface area contributed by atoms with Gasteiger partial charge in [-0.15, -0.1) is 0 Å². The molecule has 1 atom stereocenters. The van der Waals surface area contributed by atoms with E-state index in [-0.39, 0.29) is 19.0 Å². The molecule has 0 aromatic heterocycles. The number of aryl methyl sites for hydroxylation is 1. The summed E-state index contributed by atoms with van der Waals surface area (Å²) in [7, 11) is 0. The van der Waals surface area contributed by atoms with Crippen molar-refractivity contribution in [1.82, 2.24) is 5.32 Å². The van der Waals surface area contributed by atoms with Crippen molar-refractivity contribution in [2.45, 2.75) is 26.5 Å². The van der Waals surface area contributed by atoms with Gasteiger partial charge >= 0.3 is 5.97 Å². The van der Waals surface area contributed by atoms with Gasteiger partial charge in [-0.1, -0.05) is 12.1 Å². The van der Waals surface area contributed by atoms with Crippen molar-refractivity contribution in [2.75, 3.05) is 6.61 Å². The predicted octanol–water partition coefficient (Wildman–Crippen LogP) is 1.24. The number of halogens is 1. The average Bonchev–Trinajstić information content (AvgIpc) is 2.37. The number of carboxylic acids is 1. The Kier molecular flexibility index (Phi) is 5.44. The maximum absolute atomic E-state index is 13.0. The Bertz CT molecular complexity index is 476. The number of carboxylic acid groups (broad SMARTS) is 1. The summed E-state index contributed by atoms with van der Waals surface area (Å²) in [4.78, 5) is 21.9. The maximum Gasteiger partial charge on any atom is 0.332 e. The van der Waals surface area contributed by atoms with Gasteiger partial charge < -0.3 is 15.2 Å². The first kappa shape index (κ1) is 15.1. The first-order chi connectivity index (χ1) is 8.90. The van der Waals surface area contributed by atoms with Crippen molar-refractivity contribution in [2.24, 2.45) is 0 Å². The van der Waals surface area contributed by atoms with Gasteiger partial charge in [0.1, 0.15) is 12.4 Å². The third-order valence-electron chi connectivity index (χ3n) is 2.52. The van der Waals surface area contributed by atoms with Crippen LogP contribution in [0, 0.1) is 12.7 Å². The molecule has 1 rings (SSSR count). The molecule has 0 saturated heterocycles. The number of amides is 1. The van der Waals surface area contributed by atoms with E-state index >= 15 is 0 Å². The van der Waals surface area contributed by atoms with Gasteiger partial charge in [-0.3, -0.25) is 4.79 Å². The largest absolute Gasteiger partial charge is 0.479 e. The minimum absolute atomic E-state index is 0.241. The average molecular weight is 269 g/mol. The number of carbonyl (C=O) groups is 2. The van der Waals surface area contributed by atoms with Crippen LogP contribution in [-0.4, -0.2) is 29.7 Å². The lowest BCUT2D eigenvalue weighted by molar-refractivity contribution is -0.150. The van der Waals surface area contributed by atoms with Crippen LogP contribution >= 0.6 is 0 Å². The summed E-state index contributed by atoms with van der Waals surface area (Å²) in [5.41, 5.74) is 1.26. The molecule has 0 fully saturated rings. The van der Waals surface area contributed by atoms with Crippen molar-refractivity contribution in [3.63, 3.8) is 0 Å². The number of hydrogen-bond acceptors (Lipinski definition) is 3. The highest BCUT2D eigenvalue weighted by Gasteiger charge is 2.13. The lowest BCUT2D eigenvalue weighted by Crippen LogP contribution is -2.31. The molecular formula is C13H16FNO4. The quantitative estimate of drug-likeness (QED) is 0.814. The van der Waals surface area contributed by atoms with Gasteiger partial charge in [-0.05, 0) is 31.0 Å². The molecule has 19 heavy (non-hydrogen) atoms. The number of ether oxygens (including phenoxy) is 1. The van der Waals surface area contributed by atoms with Crippen molar-refractivity contribution in [3.05, 3.63) is 35.1 Å². The molecule has 6 heteroatoms. The Morgan fingerprint density at radius 3 is 2.74 bits per heavy atom. The van der Waals surface area contributed by atoms with Crippen molar-refractivity contribution in [3.8, 4) is 0 Å². The van der Waals surface area contributed by atoms with E-state index in [0.717, 1.165) is 5.56 Å². The van der Waals surface area contributed by atoms with Crippen LogP contribution in [-0.2, 0) is 20.9 Å². The lowest BCUT2D eigenvalue weighted by atomic mass is 10.1. The zero-order valence-corrected chi connectivity index (χ0v) is 10.8. The Labute approximate surface area is 110 Å². The topological polar surface area (TPSA) is 75.6 Å². The van der Waals surface area contributed by atoms with Gasteiger partial charge in [-0.25, -0.2) is 9.18 Å². The molecule has 0 bridgehead atoms. The molecule has 1 amide bonds. The van der Waals surface area contributed by atoms with E-state index in [1.807, 2.05) is 0 Å². The second-order valence-corrected chi connectivity index (χ2v) is 4.15. The Morgan fingerprint density at radius 1 is 1.47 bits per heavy atom. The third-order valence-corrected chi connectivity index (χ3v) is 2.52. The molecule has 0 aliphatic heterocycles. The molecule has 1 aromatic carbocycles. The van der Waals surface area contributed by atoms with Gasteiger partial charge in [0.25, 0.3) is 0 Å². The van der Waals surface area contributed by atoms with Crippen LogP contribution in [0.4, 0.5) is 4.39 Å². The Morgan fingerprint density at radius 2 is 2.16 bits per heavy atom. The molecular weight excluding hydrogens is 253 g/mol. The van der Waals surface area contributed by atoms with Gasteiger partial charge in [0.15, 0.2) is 6.10 Å². The second kappa shape index (κ2) is 6.84. The lowest BCUT2D eigenvalue weighted by Gasteiger charge is -2.09. The third kappa shape index (κ3) is 5.05. The monoisotopic (exact) mass is 269 g/mol. The molecule has 0 aliphatic carbocycles. The van der Waals surface area contributed by atoms with E-state index in [1.165, 1.54) is 13.0 Å². The Balaban J connectivity index is 2.37. The van der Waals surface area contributed by atoms with Crippen LogP contribution in [0.25, 0.3) is 0 Å². The molecule has 104 valence electrons. The van der Waals surface area contributed by atoms with Crippen LogP contribution in [0.3, 0.4) is 0 Å². The van der Waals surface area contributed by atoms with Crippen LogP contribution in [0.15, 0.2) is 18.2 Å². The number of aliphatic carboxylic acids is 1. The molecule has 0 aliphatic rings. The highest BCUT2D eigenvalue weighted by atomic mass is 19.1. The summed E-state index contributed by atoms with van der Waals surface area (Å²) < 4.78 is 17.8. The van der Waals surface area contributed by atoms with E-state index in [1.54, 1.807) is 19.1 Å². The van der Waals surface area contributed by atoms with Crippen LogP contribution < -0.4 is 5.32 Å². The first-order valence-electron chi connectivity index (χ1n) is 5.76. The molecule has 0 spiro atoms. The van der Waals surface area contributed by atoms with Gasteiger partial charge in [0.05, 0.1) is 0 Å². The SMILES string of the molecule is Cc1cc(CNC(=O)CO[C@@H](C)C(=O)O)ccc1F. The van der Waals surface area contributed by atoms with E-state index < -0.39 is 18.0 Å². The van der Waals surface area contributed by atoms with Crippen LogP contribution in [0.5, 0.6) is 0 Å². The maximum atomic E-state index is 13.0. The molecule has 2 N–H and O–H groups in total. The highest BCUT2D eigenvalue weighted by Crippen LogP contribution is 2.08. The van der Waals surface area contributed by atoms with Gasteiger partial charge in [-0.2, -0.15) is 0 Å². The van der Waals surface area contributed by atoms with E-state index in [0.29, 0.717) is 5.56 Å². The summed E-state index contributed by atoms with van der Waals surface area (Å²) in [6.45, 7) is 2.90. The summed E-state index contributed by atoms with van der Waals surface area (Å²) >= 11 is 0. The summed E-state index contributed by atoms with van der Waals surface area (Å²) in [6, 6.07) is 4.54. The van der Waals surface area contributed by atoms with Crippen molar-refractivity contribution < 1.29 is 23.8 Å². The molecule has 0 unspecified atom stereocenters. The molecule has 0 radical (unpaired) electrons. The first-order valence-corrected chi connectivity index (χ1v) is 5.76. The summed E-state index contributed by atoms with van der Waals surface area (Å²) in [5.74, 6) is -1.84. The smallest absolute Gasteiger partial charge is 0.332 e. The van der Waals surface area contributed by atoms with E-state index in [2.05, 4.69) is 5.32 Å². The van der Waals surface area contributed by atoms with Crippen LogP contribution in [0.2, 0.25) is 0 Å².